The highest BCUT2D eigenvalue weighted by Crippen LogP contribution is 2.32. The van der Waals surface area contributed by atoms with Crippen LogP contribution in [-0.4, -0.2) is 35.0 Å². The van der Waals surface area contributed by atoms with Crippen LogP contribution < -0.4 is 10.9 Å². The topological polar surface area (TPSA) is 110 Å². The van der Waals surface area contributed by atoms with Crippen molar-refractivity contribution in [3.8, 4) is 17.2 Å². The lowest BCUT2D eigenvalue weighted by Gasteiger charge is -2.21. The molecule has 8 nitrogen and oxygen atoms in total. The van der Waals surface area contributed by atoms with Gasteiger partial charge in [-0.2, -0.15) is 5.26 Å². The van der Waals surface area contributed by atoms with Crippen LogP contribution in [0.15, 0.2) is 59.5 Å². The SMILES string of the molecule is CC(C)(C)OC(=O)c1ccc(NC(=O)C(CCOC(F)(F)F)n2cc(Cl)c(-c3cc(Cl)ccc3C#N)cc2=O)cc1. The summed E-state index contributed by atoms with van der Waals surface area (Å²) >= 11 is 12.5. The molecule has 0 saturated carbocycles. The van der Waals surface area contributed by atoms with E-state index < -0.39 is 48.5 Å². The summed E-state index contributed by atoms with van der Waals surface area (Å²) < 4.78 is 48.0. The lowest BCUT2D eigenvalue weighted by Crippen LogP contribution is -2.34. The second kappa shape index (κ2) is 12.8. The molecule has 1 N–H and O–H groups in total. The van der Waals surface area contributed by atoms with Gasteiger partial charge >= 0.3 is 12.3 Å². The summed E-state index contributed by atoms with van der Waals surface area (Å²) in [6.07, 6.45) is -4.40. The van der Waals surface area contributed by atoms with Gasteiger partial charge < -0.3 is 14.6 Å². The van der Waals surface area contributed by atoms with E-state index in [0.29, 0.717) is 0 Å². The predicted octanol–water partition coefficient (Wildman–Crippen LogP) is 6.76. The van der Waals surface area contributed by atoms with E-state index in [4.69, 9.17) is 27.9 Å². The third-order valence-corrected chi connectivity index (χ3v) is 6.04. The van der Waals surface area contributed by atoms with Crippen molar-refractivity contribution in [3.05, 3.63) is 86.3 Å². The van der Waals surface area contributed by atoms with E-state index in [1.54, 1.807) is 20.8 Å². The molecule has 1 aromatic heterocycles. The van der Waals surface area contributed by atoms with Crippen LogP contribution in [0.25, 0.3) is 11.1 Å². The molecule has 1 unspecified atom stereocenters. The summed E-state index contributed by atoms with van der Waals surface area (Å²) in [6, 6.07) is 11.5. The quantitative estimate of drug-likeness (QED) is 0.283. The molecule has 41 heavy (non-hydrogen) atoms. The molecule has 3 aromatic rings. The number of carbonyl (C=O) groups is 2. The smallest absolute Gasteiger partial charge is 0.456 e. The van der Waals surface area contributed by atoms with E-state index in [0.717, 1.165) is 16.8 Å². The molecule has 0 bridgehead atoms. The molecule has 3 rings (SSSR count). The number of carbonyl (C=O) groups excluding carboxylic acids is 2. The largest absolute Gasteiger partial charge is 0.522 e. The summed E-state index contributed by atoms with van der Waals surface area (Å²) in [4.78, 5) is 38.6. The van der Waals surface area contributed by atoms with Crippen molar-refractivity contribution in [1.29, 1.82) is 5.26 Å². The molecule has 0 aliphatic rings. The standard InChI is InChI=1S/C28H24Cl2F3N3O5/c1-27(2,3)41-26(39)16-5-8-19(9-6-16)35-25(38)23(10-11-40-28(31,32)33)36-15-22(30)21(13-24(36)37)20-12-18(29)7-4-17(20)14-34/h4-9,12-13,15,23H,10-11H2,1-3H3,(H,35,38). The molecular weight excluding hydrogens is 586 g/mol. The number of aromatic nitrogens is 1. The maximum Gasteiger partial charge on any atom is 0.522 e. The Kier molecular flexibility index (Phi) is 9.86. The van der Waals surface area contributed by atoms with Gasteiger partial charge in [-0.15, -0.1) is 13.2 Å². The zero-order chi connectivity index (χ0) is 30.5. The molecule has 2 aromatic carbocycles. The summed E-state index contributed by atoms with van der Waals surface area (Å²) in [5, 5.41) is 12.2. The molecule has 0 aliphatic carbocycles. The van der Waals surface area contributed by atoms with Crippen LogP contribution in [0, 0.1) is 11.3 Å². The Labute approximate surface area is 243 Å². The third kappa shape index (κ3) is 8.82. The normalized spacial score (nSPS) is 12.4. The lowest BCUT2D eigenvalue weighted by atomic mass is 10.0. The molecule has 0 saturated heterocycles. The first-order valence-electron chi connectivity index (χ1n) is 12.0. The van der Waals surface area contributed by atoms with Crippen LogP contribution in [0.5, 0.6) is 0 Å². The Morgan fingerprint density at radius 3 is 2.29 bits per heavy atom. The van der Waals surface area contributed by atoms with Gasteiger partial charge in [0.2, 0.25) is 5.91 Å². The average Bonchev–Trinajstić information content (AvgIpc) is 2.86. The first-order valence-corrected chi connectivity index (χ1v) is 12.8. The van der Waals surface area contributed by atoms with E-state index in [1.807, 2.05) is 6.07 Å². The van der Waals surface area contributed by atoms with Crippen LogP contribution in [0.4, 0.5) is 18.9 Å². The first-order chi connectivity index (χ1) is 19.1. The maximum absolute atomic E-state index is 13.2. The monoisotopic (exact) mass is 609 g/mol. The fourth-order valence-electron chi connectivity index (χ4n) is 3.74. The summed E-state index contributed by atoms with van der Waals surface area (Å²) in [6.45, 7) is 4.19. The minimum atomic E-state index is -4.95. The molecule has 0 radical (unpaired) electrons. The third-order valence-electron chi connectivity index (χ3n) is 5.51. The fraction of sp³-hybridized carbons (Fsp3) is 0.286. The molecule has 216 valence electrons. The van der Waals surface area contributed by atoms with Crippen molar-refractivity contribution in [2.24, 2.45) is 0 Å². The van der Waals surface area contributed by atoms with Gasteiger partial charge in [0.1, 0.15) is 11.6 Å². The first kappa shape index (κ1) is 31.7. The van der Waals surface area contributed by atoms with Crippen LogP contribution in [-0.2, 0) is 14.3 Å². The number of hydrogen-bond acceptors (Lipinski definition) is 6. The Morgan fingerprint density at radius 1 is 1.05 bits per heavy atom. The molecule has 0 fully saturated rings. The van der Waals surface area contributed by atoms with E-state index in [1.165, 1.54) is 42.5 Å². The minimum absolute atomic E-state index is 0.0559. The van der Waals surface area contributed by atoms with Crippen LogP contribution >= 0.6 is 23.2 Å². The van der Waals surface area contributed by atoms with Crippen molar-refractivity contribution in [2.45, 2.75) is 45.2 Å². The highest BCUT2D eigenvalue weighted by molar-refractivity contribution is 6.34. The number of ether oxygens (including phenoxy) is 2. The number of nitrogens with one attached hydrogen (secondary N) is 1. The van der Waals surface area contributed by atoms with Gasteiger partial charge in [0.25, 0.3) is 5.56 Å². The van der Waals surface area contributed by atoms with Gasteiger partial charge in [-0.1, -0.05) is 23.2 Å². The second-order valence-corrected chi connectivity index (χ2v) is 10.6. The van der Waals surface area contributed by atoms with Crippen LogP contribution in [0.3, 0.4) is 0 Å². The molecule has 1 atom stereocenters. The van der Waals surface area contributed by atoms with Gasteiger partial charge in [0.15, 0.2) is 0 Å². The van der Waals surface area contributed by atoms with E-state index in [9.17, 15) is 32.8 Å². The highest BCUT2D eigenvalue weighted by Gasteiger charge is 2.31. The number of pyridine rings is 1. The Bertz CT molecular complexity index is 1540. The zero-order valence-electron chi connectivity index (χ0n) is 22.0. The molecule has 0 aliphatic heterocycles. The Balaban J connectivity index is 1.93. The molecule has 0 spiro atoms. The maximum atomic E-state index is 13.2. The molecule has 1 heterocycles. The minimum Gasteiger partial charge on any atom is -0.456 e. The van der Waals surface area contributed by atoms with Crippen molar-refractivity contribution in [2.75, 3.05) is 11.9 Å². The highest BCUT2D eigenvalue weighted by atomic mass is 35.5. The van der Waals surface area contributed by atoms with Gasteiger partial charge in [-0.3, -0.25) is 14.3 Å². The van der Waals surface area contributed by atoms with Gasteiger partial charge in [-0.05, 0) is 63.2 Å². The number of nitrogens with zero attached hydrogens (tertiary/aromatic N) is 2. The zero-order valence-corrected chi connectivity index (χ0v) is 23.5. The van der Waals surface area contributed by atoms with Gasteiger partial charge in [0, 0.05) is 40.5 Å². The molecular formula is C28H24Cl2F3N3O5. The number of esters is 1. The number of rotatable bonds is 8. The lowest BCUT2D eigenvalue weighted by molar-refractivity contribution is -0.325. The predicted molar refractivity (Wildman–Crippen MR) is 147 cm³/mol. The van der Waals surface area contributed by atoms with E-state index in [-0.39, 0.29) is 38.0 Å². The Hall–Kier alpha value is -3.85. The van der Waals surface area contributed by atoms with Gasteiger partial charge in [0.05, 0.1) is 28.8 Å². The number of halogens is 5. The summed E-state index contributed by atoms with van der Waals surface area (Å²) in [5.41, 5.74) is -0.488. The molecule has 1 amide bonds. The average molecular weight is 610 g/mol. The van der Waals surface area contributed by atoms with Crippen molar-refractivity contribution in [1.82, 2.24) is 4.57 Å². The van der Waals surface area contributed by atoms with E-state index in [2.05, 4.69) is 10.1 Å². The van der Waals surface area contributed by atoms with Crippen molar-refractivity contribution >= 4 is 40.8 Å². The van der Waals surface area contributed by atoms with Crippen LogP contribution in [0.1, 0.15) is 49.2 Å². The number of alkyl halides is 3. The van der Waals surface area contributed by atoms with Gasteiger partial charge in [-0.25, -0.2) is 4.79 Å². The Morgan fingerprint density at radius 2 is 1.71 bits per heavy atom. The summed E-state index contributed by atoms with van der Waals surface area (Å²) in [7, 11) is 0. The van der Waals surface area contributed by atoms with Crippen molar-refractivity contribution in [3.63, 3.8) is 0 Å². The number of benzene rings is 2. The fourth-order valence-corrected chi connectivity index (χ4v) is 4.18. The molecule has 13 heteroatoms. The van der Waals surface area contributed by atoms with E-state index >= 15 is 0 Å². The number of anilines is 1. The number of hydrogen-bond donors (Lipinski definition) is 1. The summed E-state index contributed by atoms with van der Waals surface area (Å²) in [5.74, 6) is -1.43. The number of nitriles is 1. The van der Waals surface area contributed by atoms with Crippen LogP contribution in [0.2, 0.25) is 10.0 Å². The second-order valence-electron chi connectivity index (χ2n) is 9.75. The van der Waals surface area contributed by atoms with Crippen molar-refractivity contribution < 1.29 is 32.2 Å². The number of amides is 1.